The molecule has 0 aromatic heterocycles. The van der Waals surface area contributed by atoms with Crippen LogP contribution in [0.4, 0.5) is 11.4 Å². The number of nitrogens with one attached hydrogen (secondary N) is 2. The molecule has 1 saturated heterocycles. The number of amides is 2. The fourth-order valence-electron chi connectivity index (χ4n) is 3.82. The third-order valence-corrected chi connectivity index (χ3v) is 6.21. The van der Waals surface area contributed by atoms with E-state index < -0.39 is 0 Å². The van der Waals surface area contributed by atoms with Crippen LogP contribution in [0.3, 0.4) is 0 Å². The van der Waals surface area contributed by atoms with E-state index in [2.05, 4.69) is 27.4 Å². The van der Waals surface area contributed by atoms with Gasteiger partial charge in [0.15, 0.2) is 0 Å². The van der Waals surface area contributed by atoms with Crippen molar-refractivity contribution in [3.8, 4) is 0 Å². The second kappa shape index (κ2) is 10.6. The van der Waals surface area contributed by atoms with Gasteiger partial charge in [-0.3, -0.25) is 19.4 Å². The molecule has 1 aliphatic heterocycles. The van der Waals surface area contributed by atoms with Crippen LogP contribution in [-0.2, 0) is 16.0 Å². The largest absolute Gasteiger partial charge is 0.325 e. The summed E-state index contributed by atoms with van der Waals surface area (Å²) in [4.78, 5) is 29.5. The number of nitrogens with zero attached hydrogens (tertiary/aromatic N) is 2. The van der Waals surface area contributed by atoms with Gasteiger partial charge in [-0.05, 0) is 62.1 Å². The van der Waals surface area contributed by atoms with Gasteiger partial charge in [-0.2, -0.15) is 0 Å². The van der Waals surface area contributed by atoms with Crippen LogP contribution in [0.25, 0.3) is 0 Å². The first-order chi connectivity index (χ1) is 14.9. The van der Waals surface area contributed by atoms with E-state index >= 15 is 0 Å². The Labute approximate surface area is 185 Å². The predicted octanol–water partition coefficient (Wildman–Crippen LogP) is 3.45. The van der Waals surface area contributed by atoms with Gasteiger partial charge >= 0.3 is 0 Å². The quantitative estimate of drug-likeness (QED) is 0.717. The first-order valence-corrected chi connectivity index (χ1v) is 11.1. The van der Waals surface area contributed by atoms with Crippen molar-refractivity contribution in [3.05, 3.63) is 59.2 Å². The van der Waals surface area contributed by atoms with Gasteiger partial charge in [0.05, 0.1) is 12.6 Å². The van der Waals surface area contributed by atoms with Gasteiger partial charge in [0, 0.05) is 37.6 Å². The van der Waals surface area contributed by atoms with E-state index in [-0.39, 0.29) is 17.9 Å². The minimum absolute atomic E-state index is 0.00321. The zero-order valence-electron chi connectivity index (χ0n) is 19.1. The van der Waals surface area contributed by atoms with Gasteiger partial charge in [0.1, 0.15) is 0 Å². The zero-order chi connectivity index (χ0) is 22.4. The molecule has 6 heteroatoms. The molecule has 2 N–H and O–H groups in total. The molecular weight excluding hydrogens is 388 g/mol. The number of piperazine rings is 1. The van der Waals surface area contributed by atoms with E-state index in [1.165, 1.54) is 11.1 Å². The van der Waals surface area contributed by atoms with Crippen LogP contribution in [0, 0.1) is 13.8 Å². The second-order valence-corrected chi connectivity index (χ2v) is 8.32. The fraction of sp³-hybridized carbons (Fsp3) is 0.440. The Balaban J connectivity index is 1.45. The lowest BCUT2D eigenvalue weighted by Gasteiger charge is -2.37. The molecule has 3 rings (SSSR count). The first-order valence-electron chi connectivity index (χ1n) is 11.1. The third-order valence-electron chi connectivity index (χ3n) is 6.21. The molecule has 0 spiro atoms. The summed E-state index contributed by atoms with van der Waals surface area (Å²) in [5.74, 6) is 0.00818. The van der Waals surface area contributed by atoms with Crippen LogP contribution in [0.1, 0.15) is 30.5 Å². The monoisotopic (exact) mass is 422 g/mol. The number of hydrogen-bond acceptors (Lipinski definition) is 4. The highest BCUT2D eigenvalue weighted by atomic mass is 16.2. The number of carbonyl (C=O) groups is 2. The summed E-state index contributed by atoms with van der Waals surface area (Å²) in [7, 11) is 0. The highest BCUT2D eigenvalue weighted by Crippen LogP contribution is 2.18. The first kappa shape index (κ1) is 23.0. The molecule has 0 unspecified atom stereocenters. The molecule has 0 radical (unpaired) electrons. The van der Waals surface area contributed by atoms with Gasteiger partial charge in [-0.25, -0.2) is 0 Å². The van der Waals surface area contributed by atoms with Crippen LogP contribution < -0.4 is 10.6 Å². The smallest absolute Gasteiger partial charge is 0.241 e. The Bertz CT molecular complexity index is 902. The Morgan fingerprint density at radius 1 is 0.968 bits per heavy atom. The topological polar surface area (TPSA) is 64.7 Å². The average molecular weight is 423 g/mol. The lowest BCUT2D eigenvalue weighted by Crippen LogP contribution is -2.53. The van der Waals surface area contributed by atoms with Crippen LogP contribution >= 0.6 is 0 Å². The summed E-state index contributed by atoms with van der Waals surface area (Å²) >= 11 is 0. The molecule has 1 atom stereocenters. The Hall–Kier alpha value is -2.70. The molecule has 6 nitrogen and oxygen atoms in total. The van der Waals surface area contributed by atoms with Crippen LogP contribution in [0.5, 0.6) is 0 Å². The Morgan fingerprint density at radius 3 is 2.29 bits per heavy atom. The lowest BCUT2D eigenvalue weighted by atomic mass is 10.1. The number of aryl methyl sites for hydroxylation is 2. The van der Waals surface area contributed by atoms with Gasteiger partial charge < -0.3 is 10.6 Å². The molecule has 1 aliphatic rings. The van der Waals surface area contributed by atoms with Crippen molar-refractivity contribution in [1.29, 1.82) is 0 Å². The van der Waals surface area contributed by atoms with Gasteiger partial charge in [0.25, 0.3) is 0 Å². The number of carbonyl (C=O) groups excluding carboxylic acids is 2. The summed E-state index contributed by atoms with van der Waals surface area (Å²) in [6, 6.07) is 13.7. The molecule has 31 heavy (non-hydrogen) atoms. The van der Waals surface area contributed by atoms with E-state index in [0.717, 1.165) is 49.5 Å². The van der Waals surface area contributed by atoms with E-state index in [1.54, 1.807) is 0 Å². The molecule has 0 saturated carbocycles. The molecule has 2 aromatic carbocycles. The molecule has 2 aromatic rings. The van der Waals surface area contributed by atoms with E-state index in [1.807, 2.05) is 63.2 Å². The SMILES string of the molecule is CCc1ccc(NC(=O)[C@@H](C)N2CCN(CC(=O)Nc3cccc(C)c3C)CC2)cc1. The third kappa shape index (κ3) is 6.15. The minimum atomic E-state index is -0.211. The maximum absolute atomic E-state index is 12.7. The molecular formula is C25H34N4O2. The summed E-state index contributed by atoms with van der Waals surface area (Å²) < 4.78 is 0. The molecule has 0 aliphatic carbocycles. The maximum atomic E-state index is 12.7. The molecule has 1 fully saturated rings. The highest BCUT2D eigenvalue weighted by molar-refractivity contribution is 5.94. The van der Waals surface area contributed by atoms with Crippen molar-refractivity contribution < 1.29 is 9.59 Å². The molecule has 0 bridgehead atoms. The lowest BCUT2D eigenvalue weighted by molar-refractivity contribution is -0.122. The van der Waals surface area contributed by atoms with Gasteiger partial charge in [-0.15, -0.1) is 0 Å². The van der Waals surface area contributed by atoms with E-state index in [4.69, 9.17) is 0 Å². The summed E-state index contributed by atoms with van der Waals surface area (Å²) in [5.41, 5.74) is 5.23. The van der Waals surface area contributed by atoms with Crippen LogP contribution in [-0.4, -0.2) is 60.4 Å². The standard InChI is InChI=1S/C25H34N4O2/c1-5-21-9-11-22(12-10-21)26-25(31)20(4)29-15-13-28(14-16-29)17-24(30)27-23-8-6-7-18(2)19(23)3/h6-12,20H,5,13-17H2,1-4H3,(H,26,31)(H,27,30)/t20-/m1/s1. The molecule has 166 valence electrons. The van der Waals surface area contributed by atoms with Crippen molar-refractivity contribution >= 4 is 23.2 Å². The maximum Gasteiger partial charge on any atom is 0.241 e. The fourth-order valence-corrected chi connectivity index (χ4v) is 3.82. The van der Waals surface area contributed by atoms with E-state index in [0.29, 0.717) is 6.54 Å². The Morgan fingerprint density at radius 2 is 1.65 bits per heavy atom. The molecule has 1 heterocycles. The van der Waals surface area contributed by atoms with Crippen molar-refractivity contribution in [3.63, 3.8) is 0 Å². The minimum Gasteiger partial charge on any atom is -0.325 e. The average Bonchev–Trinajstić information content (AvgIpc) is 2.77. The summed E-state index contributed by atoms with van der Waals surface area (Å²) in [6.45, 7) is 11.6. The van der Waals surface area contributed by atoms with Gasteiger partial charge in [-0.1, -0.05) is 31.2 Å². The van der Waals surface area contributed by atoms with E-state index in [9.17, 15) is 9.59 Å². The number of benzene rings is 2. The number of hydrogen-bond donors (Lipinski definition) is 2. The van der Waals surface area contributed by atoms with Crippen molar-refractivity contribution in [1.82, 2.24) is 9.80 Å². The van der Waals surface area contributed by atoms with Gasteiger partial charge in [0.2, 0.25) is 11.8 Å². The zero-order valence-corrected chi connectivity index (χ0v) is 19.1. The van der Waals surface area contributed by atoms with Crippen molar-refractivity contribution in [2.45, 2.75) is 40.2 Å². The summed E-state index contributed by atoms with van der Waals surface area (Å²) in [6.07, 6.45) is 0.984. The number of rotatable bonds is 7. The second-order valence-electron chi connectivity index (χ2n) is 8.32. The normalized spacial score (nSPS) is 16.0. The summed E-state index contributed by atoms with van der Waals surface area (Å²) in [5, 5.41) is 6.04. The molecule has 2 amide bonds. The van der Waals surface area contributed by atoms with Crippen LogP contribution in [0.2, 0.25) is 0 Å². The number of anilines is 2. The van der Waals surface area contributed by atoms with Crippen molar-refractivity contribution in [2.24, 2.45) is 0 Å². The Kier molecular flexibility index (Phi) is 7.82. The van der Waals surface area contributed by atoms with Crippen molar-refractivity contribution in [2.75, 3.05) is 43.4 Å². The van der Waals surface area contributed by atoms with Crippen LogP contribution in [0.15, 0.2) is 42.5 Å². The predicted molar refractivity (Wildman–Crippen MR) is 126 cm³/mol. The highest BCUT2D eigenvalue weighted by Gasteiger charge is 2.26.